The van der Waals surface area contributed by atoms with Gasteiger partial charge in [0.15, 0.2) is 0 Å². The summed E-state index contributed by atoms with van der Waals surface area (Å²) in [6.45, 7) is 7.30. The molecule has 0 aromatic rings. The summed E-state index contributed by atoms with van der Waals surface area (Å²) < 4.78 is 0. The molecule has 3 N–H and O–H groups in total. The second kappa shape index (κ2) is 9.15. The van der Waals surface area contributed by atoms with Gasteiger partial charge in [0.25, 0.3) is 0 Å². The van der Waals surface area contributed by atoms with Crippen molar-refractivity contribution in [2.45, 2.75) is 39.7 Å². The van der Waals surface area contributed by atoms with E-state index in [0.29, 0.717) is 19.5 Å². The van der Waals surface area contributed by atoms with Crippen molar-refractivity contribution < 1.29 is 9.59 Å². The van der Waals surface area contributed by atoms with Gasteiger partial charge in [0.1, 0.15) is 0 Å². The molecule has 0 rings (SSSR count). The van der Waals surface area contributed by atoms with Crippen LogP contribution in [0.1, 0.15) is 33.6 Å². The molecule has 16 heavy (non-hydrogen) atoms. The van der Waals surface area contributed by atoms with Crippen molar-refractivity contribution in [2.24, 2.45) is 0 Å². The highest BCUT2D eigenvalue weighted by Crippen LogP contribution is 1.88. The summed E-state index contributed by atoms with van der Waals surface area (Å²) in [5.74, 6) is -0.0115. The van der Waals surface area contributed by atoms with E-state index in [9.17, 15) is 9.59 Å². The largest absolute Gasteiger partial charge is 0.355 e. The minimum absolute atomic E-state index is 0.0257. The Labute approximate surface area is 97.4 Å². The van der Waals surface area contributed by atoms with Gasteiger partial charge < -0.3 is 16.0 Å². The van der Waals surface area contributed by atoms with Gasteiger partial charge in [0.2, 0.25) is 11.8 Å². The van der Waals surface area contributed by atoms with Crippen molar-refractivity contribution in [2.75, 3.05) is 19.6 Å². The molecule has 0 aromatic carbocycles. The van der Waals surface area contributed by atoms with Crippen molar-refractivity contribution in [1.29, 1.82) is 0 Å². The lowest BCUT2D eigenvalue weighted by atomic mass is 10.2. The highest BCUT2D eigenvalue weighted by Gasteiger charge is 2.05. The molecule has 0 aliphatic rings. The highest BCUT2D eigenvalue weighted by molar-refractivity contribution is 5.78. The van der Waals surface area contributed by atoms with Gasteiger partial charge in [-0.3, -0.25) is 9.59 Å². The Kier molecular flexibility index (Phi) is 8.52. The van der Waals surface area contributed by atoms with Crippen LogP contribution in [-0.2, 0) is 9.59 Å². The molecule has 0 fully saturated rings. The number of carbonyl (C=O) groups is 2. The Bertz CT molecular complexity index is 219. The Morgan fingerprint density at radius 3 is 2.44 bits per heavy atom. The summed E-state index contributed by atoms with van der Waals surface area (Å²) in [5.41, 5.74) is 0. The third-order valence-electron chi connectivity index (χ3n) is 2.21. The number of amides is 2. The lowest BCUT2D eigenvalue weighted by Gasteiger charge is -2.11. The van der Waals surface area contributed by atoms with E-state index in [4.69, 9.17) is 0 Å². The summed E-state index contributed by atoms with van der Waals surface area (Å²) in [7, 11) is 0. The van der Waals surface area contributed by atoms with Crippen LogP contribution in [0.3, 0.4) is 0 Å². The summed E-state index contributed by atoms with van der Waals surface area (Å²) >= 11 is 0. The van der Waals surface area contributed by atoms with Crippen molar-refractivity contribution in [3.8, 4) is 0 Å². The standard InChI is InChI=1S/C11H23N3O2/c1-4-9(3)14-10(15)6-7-12-8-11(16)13-5-2/h9,12H,4-8H2,1-3H3,(H,13,16)(H,14,15). The fraction of sp³-hybridized carbons (Fsp3) is 0.818. The molecular formula is C11H23N3O2. The average molecular weight is 229 g/mol. The molecule has 0 spiro atoms. The molecule has 0 aliphatic heterocycles. The minimum atomic E-state index is -0.0372. The second-order valence-electron chi connectivity index (χ2n) is 3.76. The predicted octanol–water partition coefficient (Wildman–Crippen LogP) is 0.0169. The molecule has 5 heteroatoms. The monoisotopic (exact) mass is 229 g/mol. The van der Waals surface area contributed by atoms with Gasteiger partial charge in [-0.05, 0) is 20.3 Å². The smallest absolute Gasteiger partial charge is 0.233 e. The molecule has 5 nitrogen and oxygen atoms in total. The molecule has 0 aliphatic carbocycles. The zero-order valence-corrected chi connectivity index (χ0v) is 10.4. The quantitative estimate of drug-likeness (QED) is 0.514. The Morgan fingerprint density at radius 1 is 1.19 bits per heavy atom. The second-order valence-corrected chi connectivity index (χ2v) is 3.76. The fourth-order valence-corrected chi connectivity index (χ4v) is 1.11. The molecule has 0 heterocycles. The predicted molar refractivity (Wildman–Crippen MR) is 64.1 cm³/mol. The van der Waals surface area contributed by atoms with Crippen LogP contribution in [0, 0.1) is 0 Å². The van der Waals surface area contributed by atoms with E-state index in [-0.39, 0.29) is 24.4 Å². The lowest BCUT2D eigenvalue weighted by Crippen LogP contribution is -2.37. The van der Waals surface area contributed by atoms with Crippen molar-refractivity contribution >= 4 is 11.8 Å². The van der Waals surface area contributed by atoms with Crippen LogP contribution in [-0.4, -0.2) is 37.5 Å². The van der Waals surface area contributed by atoms with Gasteiger partial charge in [-0.1, -0.05) is 6.92 Å². The molecule has 1 atom stereocenters. The average Bonchev–Trinajstić information content (AvgIpc) is 2.24. The first kappa shape index (κ1) is 14.9. The van der Waals surface area contributed by atoms with Gasteiger partial charge in [-0.15, -0.1) is 0 Å². The first-order chi connectivity index (χ1) is 7.60. The number of nitrogens with one attached hydrogen (secondary N) is 3. The van der Waals surface area contributed by atoms with Crippen LogP contribution in [0.2, 0.25) is 0 Å². The van der Waals surface area contributed by atoms with Crippen molar-refractivity contribution in [3.05, 3.63) is 0 Å². The number of hydrogen-bond donors (Lipinski definition) is 3. The van der Waals surface area contributed by atoms with Crippen molar-refractivity contribution in [1.82, 2.24) is 16.0 Å². The lowest BCUT2D eigenvalue weighted by molar-refractivity contribution is -0.122. The molecular weight excluding hydrogens is 206 g/mol. The zero-order valence-electron chi connectivity index (χ0n) is 10.4. The van der Waals surface area contributed by atoms with E-state index in [0.717, 1.165) is 6.42 Å². The van der Waals surface area contributed by atoms with E-state index in [1.54, 1.807) is 0 Å². The maximum Gasteiger partial charge on any atom is 0.233 e. The van der Waals surface area contributed by atoms with E-state index in [1.807, 2.05) is 20.8 Å². The van der Waals surface area contributed by atoms with Crippen LogP contribution in [0.4, 0.5) is 0 Å². The van der Waals surface area contributed by atoms with Crippen LogP contribution in [0.5, 0.6) is 0 Å². The van der Waals surface area contributed by atoms with E-state index >= 15 is 0 Å². The molecule has 0 aromatic heterocycles. The molecule has 0 radical (unpaired) electrons. The van der Waals surface area contributed by atoms with Crippen LogP contribution < -0.4 is 16.0 Å². The topological polar surface area (TPSA) is 70.2 Å². The molecule has 2 amide bonds. The van der Waals surface area contributed by atoms with Gasteiger partial charge in [0, 0.05) is 25.6 Å². The number of carbonyl (C=O) groups excluding carboxylic acids is 2. The number of likely N-dealkylation sites (N-methyl/N-ethyl adjacent to an activating group) is 1. The van der Waals surface area contributed by atoms with E-state index < -0.39 is 0 Å². The summed E-state index contributed by atoms with van der Waals surface area (Å²) in [5, 5.41) is 8.46. The van der Waals surface area contributed by atoms with Gasteiger partial charge in [-0.2, -0.15) is 0 Å². The SMILES string of the molecule is CCNC(=O)CNCCC(=O)NC(C)CC. The Hall–Kier alpha value is -1.10. The normalized spacial score (nSPS) is 11.9. The van der Waals surface area contributed by atoms with Crippen molar-refractivity contribution in [3.63, 3.8) is 0 Å². The van der Waals surface area contributed by atoms with Crippen LogP contribution in [0.15, 0.2) is 0 Å². The summed E-state index contributed by atoms with van der Waals surface area (Å²) in [4.78, 5) is 22.4. The number of hydrogen-bond acceptors (Lipinski definition) is 3. The summed E-state index contributed by atoms with van der Waals surface area (Å²) in [6.07, 6.45) is 1.34. The minimum Gasteiger partial charge on any atom is -0.355 e. The van der Waals surface area contributed by atoms with Gasteiger partial charge >= 0.3 is 0 Å². The maximum atomic E-state index is 11.3. The van der Waals surface area contributed by atoms with Crippen LogP contribution in [0.25, 0.3) is 0 Å². The molecule has 1 unspecified atom stereocenters. The molecule has 0 bridgehead atoms. The third kappa shape index (κ3) is 8.23. The summed E-state index contributed by atoms with van der Waals surface area (Å²) in [6, 6.07) is 0.218. The Morgan fingerprint density at radius 2 is 1.88 bits per heavy atom. The zero-order chi connectivity index (χ0) is 12.4. The third-order valence-corrected chi connectivity index (χ3v) is 2.21. The molecule has 94 valence electrons. The van der Waals surface area contributed by atoms with Gasteiger partial charge in [0.05, 0.1) is 6.54 Å². The van der Waals surface area contributed by atoms with Crippen LogP contribution >= 0.6 is 0 Å². The first-order valence-corrected chi connectivity index (χ1v) is 5.86. The molecule has 0 saturated carbocycles. The number of rotatable bonds is 8. The molecule has 0 saturated heterocycles. The van der Waals surface area contributed by atoms with E-state index in [2.05, 4.69) is 16.0 Å². The fourth-order valence-electron chi connectivity index (χ4n) is 1.11. The van der Waals surface area contributed by atoms with E-state index in [1.165, 1.54) is 0 Å². The maximum absolute atomic E-state index is 11.3. The van der Waals surface area contributed by atoms with Gasteiger partial charge in [-0.25, -0.2) is 0 Å². The Balaban J connectivity index is 3.44. The highest BCUT2D eigenvalue weighted by atomic mass is 16.2. The first-order valence-electron chi connectivity index (χ1n) is 5.86.